The highest BCUT2D eigenvalue weighted by Crippen LogP contribution is 2.30. The maximum atomic E-state index is 12.9. The van der Waals surface area contributed by atoms with Crippen LogP contribution in [0.25, 0.3) is 11.0 Å². The minimum atomic E-state index is -0.201. The number of furan rings is 1. The first-order chi connectivity index (χ1) is 9.65. The van der Waals surface area contributed by atoms with Gasteiger partial charge in [-0.2, -0.15) is 0 Å². The largest absolute Gasteiger partial charge is 0.460 e. The fourth-order valence-electron chi connectivity index (χ4n) is 2.34. The summed E-state index contributed by atoms with van der Waals surface area (Å²) in [7, 11) is 0. The predicted octanol–water partition coefficient (Wildman–Crippen LogP) is 5.49. The van der Waals surface area contributed by atoms with Crippen LogP contribution in [0.1, 0.15) is 23.8 Å². The second-order valence-corrected chi connectivity index (χ2v) is 5.72. The van der Waals surface area contributed by atoms with Crippen molar-refractivity contribution in [2.75, 3.05) is 0 Å². The number of benzene rings is 2. The van der Waals surface area contributed by atoms with Crippen LogP contribution >= 0.6 is 15.9 Å². The summed E-state index contributed by atoms with van der Waals surface area (Å²) in [5, 5.41) is 1.10. The molecule has 0 bridgehead atoms. The molecule has 0 fully saturated rings. The first kappa shape index (κ1) is 13.4. The normalized spacial score (nSPS) is 11.2. The van der Waals surface area contributed by atoms with E-state index < -0.39 is 0 Å². The molecule has 0 aliphatic carbocycles. The van der Waals surface area contributed by atoms with Gasteiger partial charge in [0.1, 0.15) is 17.2 Å². The molecule has 0 unspecified atom stereocenters. The van der Waals surface area contributed by atoms with Crippen molar-refractivity contribution in [1.29, 1.82) is 0 Å². The summed E-state index contributed by atoms with van der Waals surface area (Å²) >= 11 is 3.56. The zero-order chi connectivity index (χ0) is 14.1. The molecule has 0 saturated heterocycles. The van der Waals surface area contributed by atoms with Crippen molar-refractivity contribution in [3.8, 4) is 0 Å². The highest BCUT2D eigenvalue weighted by Gasteiger charge is 2.08. The number of hydrogen-bond donors (Lipinski definition) is 0. The van der Waals surface area contributed by atoms with Crippen LogP contribution in [0.4, 0.5) is 4.39 Å². The Bertz CT molecular complexity index is 744. The van der Waals surface area contributed by atoms with E-state index in [0.717, 1.165) is 39.6 Å². The molecule has 1 heterocycles. The molecule has 3 aromatic rings. The molecule has 0 N–H and O–H groups in total. The molecule has 1 nitrogen and oxygen atoms in total. The van der Waals surface area contributed by atoms with E-state index in [4.69, 9.17) is 4.42 Å². The Balaban J connectivity index is 1.97. The molecule has 0 saturated carbocycles. The van der Waals surface area contributed by atoms with Crippen LogP contribution in [0.2, 0.25) is 0 Å². The third-order valence-corrected chi connectivity index (χ3v) is 3.94. The Kier molecular flexibility index (Phi) is 3.62. The van der Waals surface area contributed by atoms with Gasteiger partial charge in [-0.05, 0) is 63.8 Å². The zero-order valence-corrected chi connectivity index (χ0v) is 12.7. The van der Waals surface area contributed by atoms with Crippen molar-refractivity contribution in [3.63, 3.8) is 0 Å². The van der Waals surface area contributed by atoms with Gasteiger partial charge in [-0.15, -0.1) is 0 Å². The zero-order valence-electron chi connectivity index (χ0n) is 11.1. The summed E-state index contributed by atoms with van der Waals surface area (Å²) < 4.78 is 19.7. The van der Waals surface area contributed by atoms with E-state index in [1.54, 1.807) is 0 Å². The van der Waals surface area contributed by atoms with E-state index in [1.807, 2.05) is 12.1 Å². The number of hydrogen-bond acceptors (Lipinski definition) is 1. The molecule has 3 heteroatoms. The number of halogens is 2. The van der Waals surface area contributed by atoms with E-state index in [0.29, 0.717) is 0 Å². The Hall–Kier alpha value is -1.61. The highest BCUT2D eigenvalue weighted by molar-refractivity contribution is 9.10. The Morgan fingerprint density at radius 3 is 2.50 bits per heavy atom. The third kappa shape index (κ3) is 2.63. The molecule has 3 rings (SSSR count). The van der Waals surface area contributed by atoms with Gasteiger partial charge in [0.25, 0.3) is 0 Å². The van der Waals surface area contributed by atoms with Crippen LogP contribution in [0.5, 0.6) is 0 Å². The van der Waals surface area contributed by atoms with Gasteiger partial charge >= 0.3 is 0 Å². The van der Waals surface area contributed by atoms with E-state index in [9.17, 15) is 4.39 Å². The molecule has 0 atom stereocenters. The highest BCUT2D eigenvalue weighted by atomic mass is 79.9. The fourth-order valence-corrected chi connectivity index (χ4v) is 2.94. The standard InChI is InChI=1S/C17H14BrFO/c1-2-15-10-13-8-12(9-16(18)17(13)20-15)7-11-3-5-14(19)6-4-11/h3-6,8-10H,2,7H2,1H3. The summed E-state index contributed by atoms with van der Waals surface area (Å²) in [5.74, 6) is 0.785. The van der Waals surface area contributed by atoms with Crippen molar-refractivity contribution < 1.29 is 8.81 Å². The van der Waals surface area contributed by atoms with Gasteiger partial charge in [0.2, 0.25) is 0 Å². The maximum absolute atomic E-state index is 12.9. The SMILES string of the molecule is CCc1cc2cc(Cc3ccc(F)cc3)cc(Br)c2o1. The minimum Gasteiger partial charge on any atom is -0.460 e. The van der Waals surface area contributed by atoms with E-state index in [1.165, 1.54) is 17.7 Å². The van der Waals surface area contributed by atoms with Gasteiger partial charge in [0, 0.05) is 11.8 Å². The predicted molar refractivity (Wildman–Crippen MR) is 82.5 cm³/mol. The second-order valence-electron chi connectivity index (χ2n) is 4.87. The topological polar surface area (TPSA) is 13.1 Å². The minimum absolute atomic E-state index is 0.201. The number of fused-ring (bicyclic) bond motifs is 1. The molecule has 0 aliphatic rings. The summed E-state index contributed by atoms with van der Waals surface area (Å²) in [6, 6.07) is 12.9. The van der Waals surface area contributed by atoms with Crippen molar-refractivity contribution >= 4 is 26.9 Å². The van der Waals surface area contributed by atoms with Crippen LogP contribution in [0, 0.1) is 5.82 Å². The molecule has 0 spiro atoms. The van der Waals surface area contributed by atoms with Gasteiger partial charge in [0.05, 0.1) is 4.47 Å². The lowest BCUT2D eigenvalue weighted by atomic mass is 10.0. The molecule has 2 aromatic carbocycles. The first-order valence-electron chi connectivity index (χ1n) is 6.61. The quantitative estimate of drug-likeness (QED) is 0.618. The molecule has 0 aliphatic heterocycles. The van der Waals surface area contributed by atoms with Gasteiger partial charge in [-0.25, -0.2) is 4.39 Å². The van der Waals surface area contributed by atoms with Gasteiger partial charge in [0.15, 0.2) is 0 Å². The summed E-state index contributed by atoms with van der Waals surface area (Å²) in [6.45, 7) is 2.07. The lowest BCUT2D eigenvalue weighted by Gasteiger charge is -2.03. The summed E-state index contributed by atoms with van der Waals surface area (Å²) in [5.41, 5.74) is 3.17. The third-order valence-electron chi connectivity index (χ3n) is 3.35. The van der Waals surface area contributed by atoms with Gasteiger partial charge in [-0.1, -0.05) is 19.1 Å². The van der Waals surface area contributed by atoms with Crippen molar-refractivity contribution in [2.24, 2.45) is 0 Å². The van der Waals surface area contributed by atoms with Gasteiger partial charge in [-0.3, -0.25) is 0 Å². The lowest BCUT2D eigenvalue weighted by molar-refractivity contribution is 0.555. The second kappa shape index (κ2) is 5.41. The molecule has 0 amide bonds. The van der Waals surface area contributed by atoms with E-state index in [-0.39, 0.29) is 5.82 Å². The average molecular weight is 333 g/mol. The average Bonchev–Trinajstić information content (AvgIpc) is 2.85. The number of aryl methyl sites for hydroxylation is 1. The Morgan fingerprint density at radius 1 is 1.05 bits per heavy atom. The van der Waals surface area contributed by atoms with Crippen LogP contribution in [0.3, 0.4) is 0 Å². The maximum Gasteiger partial charge on any atom is 0.148 e. The van der Waals surface area contributed by atoms with Crippen molar-refractivity contribution in [3.05, 3.63) is 69.6 Å². The molecule has 20 heavy (non-hydrogen) atoms. The molecule has 102 valence electrons. The summed E-state index contributed by atoms with van der Waals surface area (Å²) in [4.78, 5) is 0. The fraction of sp³-hybridized carbons (Fsp3) is 0.176. The van der Waals surface area contributed by atoms with Crippen molar-refractivity contribution in [2.45, 2.75) is 19.8 Å². The lowest BCUT2D eigenvalue weighted by Crippen LogP contribution is -1.88. The Labute approximate surface area is 125 Å². The summed E-state index contributed by atoms with van der Waals surface area (Å²) in [6.07, 6.45) is 1.66. The van der Waals surface area contributed by atoms with Crippen LogP contribution in [-0.2, 0) is 12.8 Å². The molecule has 1 aromatic heterocycles. The smallest absolute Gasteiger partial charge is 0.148 e. The Morgan fingerprint density at radius 2 is 1.80 bits per heavy atom. The van der Waals surface area contributed by atoms with Crippen LogP contribution in [-0.4, -0.2) is 0 Å². The van der Waals surface area contributed by atoms with Crippen LogP contribution in [0.15, 0.2) is 51.4 Å². The monoisotopic (exact) mass is 332 g/mol. The molecular weight excluding hydrogens is 319 g/mol. The first-order valence-corrected chi connectivity index (χ1v) is 7.40. The molecular formula is C17H14BrFO. The molecule has 0 radical (unpaired) electrons. The number of rotatable bonds is 3. The van der Waals surface area contributed by atoms with Crippen LogP contribution < -0.4 is 0 Å². The van der Waals surface area contributed by atoms with Gasteiger partial charge < -0.3 is 4.42 Å². The van der Waals surface area contributed by atoms with E-state index in [2.05, 4.69) is 41.1 Å². The van der Waals surface area contributed by atoms with Crippen molar-refractivity contribution in [1.82, 2.24) is 0 Å². The van der Waals surface area contributed by atoms with E-state index >= 15 is 0 Å².